The molecule has 3 heterocycles. The van der Waals surface area contributed by atoms with Gasteiger partial charge in [-0.1, -0.05) is 12.1 Å². The van der Waals surface area contributed by atoms with Crippen LogP contribution in [-0.2, 0) is 17.8 Å². The Morgan fingerprint density at radius 2 is 1.89 bits per heavy atom. The molecule has 2 aliphatic heterocycles. The number of rotatable bonds is 6. The molecule has 0 radical (unpaired) electrons. The van der Waals surface area contributed by atoms with Crippen LogP contribution >= 0.6 is 0 Å². The molecule has 1 atom stereocenters. The van der Waals surface area contributed by atoms with Crippen molar-refractivity contribution in [2.45, 2.75) is 31.3 Å². The molecule has 4 rings (SSSR count). The number of nitrogens with zero attached hydrogens (tertiary/aromatic N) is 3. The van der Waals surface area contributed by atoms with Crippen molar-refractivity contribution in [3.05, 3.63) is 54.1 Å². The number of benzene rings is 1. The number of aromatic nitrogens is 2. The number of nitrogens with one attached hydrogen (secondary N) is 2. The van der Waals surface area contributed by atoms with Gasteiger partial charge in [0.2, 0.25) is 0 Å². The molecule has 0 saturated carbocycles. The Balaban J connectivity index is 1.59. The van der Waals surface area contributed by atoms with E-state index in [-0.39, 0.29) is 30.2 Å². The highest BCUT2D eigenvalue weighted by Crippen LogP contribution is 2.35. The van der Waals surface area contributed by atoms with Gasteiger partial charge in [0.25, 0.3) is 5.91 Å². The van der Waals surface area contributed by atoms with Crippen LogP contribution in [0.5, 0.6) is 0 Å². The molecule has 2 fully saturated rings. The molecular weight excluding hydrogens is 361 g/mol. The normalized spacial score (nSPS) is 23.2. The van der Waals surface area contributed by atoms with Gasteiger partial charge >= 0.3 is 6.03 Å². The molecule has 148 valence electrons. The first-order valence-electron chi connectivity index (χ1n) is 9.65. The van der Waals surface area contributed by atoms with E-state index in [0.29, 0.717) is 13.0 Å². The molecule has 0 spiro atoms. The number of imide groups is 1. The van der Waals surface area contributed by atoms with Gasteiger partial charge in [-0.05, 0) is 55.6 Å². The Hall–Kier alpha value is -2.74. The predicted octanol–water partition coefficient (Wildman–Crippen LogP) is 1.56. The second kappa shape index (κ2) is 7.71. The zero-order valence-corrected chi connectivity index (χ0v) is 15.6. The first-order valence-corrected chi connectivity index (χ1v) is 9.65. The Kier molecular flexibility index (Phi) is 5.13. The lowest BCUT2D eigenvalue weighted by molar-refractivity contribution is -0.133. The zero-order valence-electron chi connectivity index (χ0n) is 15.6. The molecule has 2 aromatic rings. The van der Waals surface area contributed by atoms with Crippen LogP contribution < -0.4 is 10.6 Å². The van der Waals surface area contributed by atoms with Gasteiger partial charge in [-0.15, -0.1) is 0 Å². The van der Waals surface area contributed by atoms with E-state index in [1.807, 2.05) is 0 Å². The number of hydrogen-bond donors (Lipinski definition) is 2. The molecule has 0 bridgehead atoms. The van der Waals surface area contributed by atoms with Gasteiger partial charge in [-0.3, -0.25) is 14.4 Å². The number of carbonyl (C=O) groups excluding carboxylic acids is 2. The highest BCUT2D eigenvalue weighted by atomic mass is 19.1. The van der Waals surface area contributed by atoms with Crippen LogP contribution in [0.3, 0.4) is 0 Å². The maximum absolute atomic E-state index is 13.5. The van der Waals surface area contributed by atoms with Crippen molar-refractivity contribution in [3.63, 3.8) is 0 Å². The summed E-state index contributed by atoms with van der Waals surface area (Å²) in [5.41, 5.74) is -0.149. The minimum atomic E-state index is -0.985. The largest absolute Gasteiger partial charge is 0.325 e. The van der Waals surface area contributed by atoms with Crippen molar-refractivity contribution in [2.24, 2.45) is 5.92 Å². The van der Waals surface area contributed by atoms with E-state index in [1.54, 1.807) is 35.3 Å². The van der Waals surface area contributed by atoms with Crippen LogP contribution in [0.2, 0.25) is 0 Å². The third-order valence-electron chi connectivity index (χ3n) is 5.75. The van der Waals surface area contributed by atoms with E-state index >= 15 is 0 Å². The van der Waals surface area contributed by atoms with E-state index in [0.717, 1.165) is 31.5 Å². The Bertz CT molecular complexity index is 833. The first-order chi connectivity index (χ1) is 13.6. The molecule has 28 heavy (non-hydrogen) atoms. The molecule has 2 aliphatic rings. The van der Waals surface area contributed by atoms with Crippen LogP contribution in [0, 0.1) is 11.7 Å². The van der Waals surface area contributed by atoms with Gasteiger partial charge in [0, 0.05) is 18.8 Å². The molecule has 1 unspecified atom stereocenters. The van der Waals surface area contributed by atoms with Crippen molar-refractivity contribution in [1.29, 1.82) is 0 Å². The maximum Gasteiger partial charge on any atom is 0.325 e. The highest BCUT2D eigenvalue weighted by molar-refractivity contribution is 6.07. The summed E-state index contributed by atoms with van der Waals surface area (Å²) in [4.78, 5) is 27.5. The maximum atomic E-state index is 13.5. The molecule has 7 nitrogen and oxygen atoms in total. The number of hydrogen-bond acceptors (Lipinski definition) is 4. The average molecular weight is 385 g/mol. The van der Waals surface area contributed by atoms with Gasteiger partial charge in [0.1, 0.15) is 11.4 Å². The summed E-state index contributed by atoms with van der Waals surface area (Å²) in [5, 5.41) is 10.5. The SMILES string of the molecule is O=C1NC(Cc2ccc(F)cc2)(C2CCNCC2)C(=O)N1CCn1cccn1. The molecule has 2 saturated heterocycles. The molecule has 8 heteroatoms. The lowest BCUT2D eigenvalue weighted by Crippen LogP contribution is -2.57. The number of amides is 3. The minimum absolute atomic E-state index is 0.0324. The Labute approximate surface area is 162 Å². The molecule has 0 aliphatic carbocycles. The third-order valence-corrected chi connectivity index (χ3v) is 5.75. The third kappa shape index (κ3) is 3.52. The number of urea groups is 1. The van der Waals surface area contributed by atoms with Crippen LogP contribution in [0.1, 0.15) is 18.4 Å². The number of piperidine rings is 1. The fraction of sp³-hybridized carbons (Fsp3) is 0.450. The van der Waals surface area contributed by atoms with Gasteiger partial charge < -0.3 is 10.6 Å². The fourth-order valence-corrected chi connectivity index (χ4v) is 4.26. The zero-order chi connectivity index (χ0) is 19.6. The van der Waals surface area contributed by atoms with Crippen molar-refractivity contribution >= 4 is 11.9 Å². The molecule has 1 aromatic heterocycles. The predicted molar refractivity (Wildman–Crippen MR) is 101 cm³/mol. The molecular formula is C20H24FN5O2. The highest BCUT2D eigenvalue weighted by Gasteiger charge is 2.55. The smallest absolute Gasteiger partial charge is 0.322 e. The van der Waals surface area contributed by atoms with Crippen molar-refractivity contribution in [3.8, 4) is 0 Å². The molecule has 3 amide bonds. The van der Waals surface area contributed by atoms with Gasteiger partial charge in [0.05, 0.1) is 13.1 Å². The summed E-state index contributed by atoms with van der Waals surface area (Å²) in [5.74, 6) is -0.479. The van der Waals surface area contributed by atoms with Crippen LogP contribution in [0.4, 0.5) is 9.18 Å². The van der Waals surface area contributed by atoms with E-state index in [2.05, 4.69) is 15.7 Å². The standard InChI is InChI=1S/C20H24FN5O2/c21-17-4-2-15(3-5-17)14-20(16-6-9-22-10-7-16)18(27)26(19(28)24-20)13-12-25-11-1-8-23-25/h1-5,8,11,16,22H,6-7,9-10,12-14H2,(H,24,28). The minimum Gasteiger partial charge on any atom is -0.322 e. The quantitative estimate of drug-likeness (QED) is 0.740. The lowest BCUT2D eigenvalue weighted by atomic mass is 9.74. The second-order valence-electron chi connectivity index (χ2n) is 7.45. The van der Waals surface area contributed by atoms with Crippen molar-refractivity contribution < 1.29 is 14.0 Å². The summed E-state index contributed by atoms with van der Waals surface area (Å²) >= 11 is 0. The number of carbonyl (C=O) groups is 2. The summed E-state index contributed by atoms with van der Waals surface area (Å²) < 4.78 is 15.0. The van der Waals surface area contributed by atoms with Crippen molar-refractivity contribution in [1.82, 2.24) is 25.3 Å². The van der Waals surface area contributed by atoms with E-state index in [1.165, 1.54) is 17.0 Å². The van der Waals surface area contributed by atoms with Gasteiger partial charge in [-0.2, -0.15) is 5.10 Å². The van der Waals surface area contributed by atoms with E-state index in [9.17, 15) is 14.0 Å². The summed E-state index contributed by atoms with van der Waals surface area (Å²) in [6.45, 7) is 2.34. The van der Waals surface area contributed by atoms with Gasteiger partial charge in [-0.25, -0.2) is 9.18 Å². The summed E-state index contributed by atoms with van der Waals surface area (Å²) in [6.07, 6.45) is 5.44. The topological polar surface area (TPSA) is 79.3 Å². The van der Waals surface area contributed by atoms with E-state index in [4.69, 9.17) is 0 Å². The Morgan fingerprint density at radius 1 is 1.14 bits per heavy atom. The molecule has 2 N–H and O–H groups in total. The van der Waals surface area contributed by atoms with Crippen LogP contribution in [0.25, 0.3) is 0 Å². The van der Waals surface area contributed by atoms with E-state index < -0.39 is 5.54 Å². The second-order valence-corrected chi connectivity index (χ2v) is 7.45. The summed E-state index contributed by atoms with van der Waals surface area (Å²) in [6, 6.07) is 7.59. The molecule has 1 aromatic carbocycles. The average Bonchev–Trinajstić information content (AvgIpc) is 3.30. The fourth-order valence-electron chi connectivity index (χ4n) is 4.26. The summed E-state index contributed by atoms with van der Waals surface area (Å²) in [7, 11) is 0. The number of halogens is 1. The van der Waals surface area contributed by atoms with Gasteiger partial charge in [0.15, 0.2) is 0 Å². The van der Waals surface area contributed by atoms with Crippen molar-refractivity contribution in [2.75, 3.05) is 19.6 Å². The van der Waals surface area contributed by atoms with Crippen LogP contribution in [-0.4, -0.2) is 51.8 Å². The monoisotopic (exact) mass is 385 g/mol. The Morgan fingerprint density at radius 3 is 2.57 bits per heavy atom. The first kappa shape index (κ1) is 18.6. The lowest BCUT2D eigenvalue weighted by Gasteiger charge is -2.38. The van der Waals surface area contributed by atoms with Crippen LogP contribution in [0.15, 0.2) is 42.7 Å².